The first-order valence-electron chi connectivity index (χ1n) is 10.2. The van der Waals surface area contributed by atoms with Crippen molar-refractivity contribution in [3.8, 4) is 5.75 Å². The van der Waals surface area contributed by atoms with Gasteiger partial charge in [0.05, 0.1) is 16.6 Å². The number of amides is 1. The highest BCUT2D eigenvalue weighted by Crippen LogP contribution is 2.25. The largest absolute Gasteiger partial charge is 0.489 e. The molecule has 4 rings (SSSR count). The molecule has 0 aliphatic rings. The second kappa shape index (κ2) is 10.7. The number of nitrogens with one attached hydrogen (secondary N) is 1. The summed E-state index contributed by atoms with van der Waals surface area (Å²) in [5, 5.41) is 9.06. The maximum absolute atomic E-state index is 12.8. The number of aryl methyl sites for hydroxylation is 1. The van der Waals surface area contributed by atoms with Gasteiger partial charge in [-0.2, -0.15) is 5.10 Å². The van der Waals surface area contributed by atoms with E-state index in [0.29, 0.717) is 38.8 Å². The van der Waals surface area contributed by atoms with Gasteiger partial charge in [0, 0.05) is 16.8 Å². The molecule has 4 aromatic rings. The predicted octanol–water partition coefficient (Wildman–Crippen LogP) is 7.68. The van der Waals surface area contributed by atoms with Crippen molar-refractivity contribution >= 4 is 58.1 Å². The monoisotopic (exact) mass is 533 g/mol. The van der Waals surface area contributed by atoms with Crippen LogP contribution in [0.3, 0.4) is 0 Å². The minimum absolute atomic E-state index is 0.269. The molecule has 0 aliphatic heterocycles. The molecule has 0 radical (unpaired) electrons. The molecule has 34 heavy (non-hydrogen) atoms. The van der Waals surface area contributed by atoms with Crippen molar-refractivity contribution in [2.75, 3.05) is 5.32 Å². The highest BCUT2D eigenvalue weighted by atomic mass is 35.5. The molecule has 0 spiro atoms. The van der Waals surface area contributed by atoms with Gasteiger partial charge in [-0.25, -0.2) is 0 Å². The molecule has 3 aromatic carbocycles. The summed E-state index contributed by atoms with van der Waals surface area (Å²) in [6.07, 6.45) is 1.64. The summed E-state index contributed by atoms with van der Waals surface area (Å²) in [4.78, 5) is 12.8. The van der Waals surface area contributed by atoms with Gasteiger partial charge < -0.3 is 10.1 Å². The van der Waals surface area contributed by atoms with E-state index in [4.69, 9.17) is 51.1 Å². The molecule has 0 saturated heterocycles. The van der Waals surface area contributed by atoms with E-state index >= 15 is 0 Å². The van der Waals surface area contributed by atoms with Crippen molar-refractivity contribution in [3.63, 3.8) is 0 Å². The molecular weight excluding hydrogens is 516 g/mol. The van der Waals surface area contributed by atoms with Crippen LogP contribution < -0.4 is 10.1 Å². The third kappa shape index (κ3) is 6.05. The Hall–Kier alpha value is -2.70. The Labute approximate surface area is 217 Å². The van der Waals surface area contributed by atoms with Crippen LogP contribution >= 0.6 is 46.4 Å². The van der Waals surface area contributed by atoms with E-state index in [1.807, 2.05) is 31.2 Å². The standard InChI is InChI=1S/C25H19Cl4N3O2/c1-15-9-19(26)6-8-23(15)34-14-17-3-2-4-18(10-17)25(33)30-24-22(29)13-32(31-24)12-16-5-7-20(27)21(28)11-16/h2-11,13H,12,14H2,1H3,(H,30,31,33). The fourth-order valence-electron chi connectivity index (χ4n) is 3.31. The van der Waals surface area contributed by atoms with Gasteiger partial charge >= 0.3 is 0 Å². The molecular formula is C25H19Cl4N3O2. The second-order valence-electron chi connectivity index (χ2n) is 7.62. The van der Waals surface area contributed by atoms with Gasteiger partial charge in [-0.3, -0.25) is 9.48 Å². The zero-order chi connectivity index (χ0) is 24.2. The zero-order valence-electron chi connectivity index (χ0n) is 18.0. The van der Waals surface area contributed by atoms with Crippen molar-refractivity contribution in [1.82, 2.24) is 9.78 Å². The molecule has 174 valence electrons. The highest BCUT2D eigenvalue weighted by Gasteiger charge is 2.14. The number of hydrogen-bond acceptors (Lipinski definition) is 3. The number of nitrogens with zero attached hydrogens (tertiary/aromatic N) is 2. The minimum Gasteiger partial charge on any atom is -0.489 e. The molecule has 0 saturated carbocycles. The van der Waals surface area contributed by atoms with E-state index in [-0.39, 0.29) is 11.7 Å². The van der Waals surface area contributed by atoms with Crippen molar-refractivity contribution in [2.24, 2.45) is 0 Å². The molecule has 0 aliphatic carbocycles. The number of anilines is 1. The van der Waals surface area contributed by atoms with Gasteiger partial charge in [0.25, 0.3) is 5.91 Å². The van der Waals surface area contributed by atoms with Crippen molar-refractivity contribution < 1.29 is 9.53 Å². The lowest BCUT2D eigenvalue weighted by Gasteiger charge is -2.10. The minimum atomic E-state index is -0.328. The van der Waals surface area contributed by atoms with Crippen LogP contribution in [0.15, 0.2) is 66.9 Å². The summed E-state index contributed by atoms with van der Waals surface area (Å²) in [6.45, 7) is 2.65. The van der Waals surface area contributed by atoms with Crippen molar-refractivity contribution in [1.29, 1.82) is 0 Å². The smallest absolute Gasteiger partial charge is 0.256 e. The summed E-state index contributed by atoms with van der Waals surface area (Å²) in [7, 11) is 0. The number of benzene rings is 3. The average molecular weight is 535 g/mol. The molecule has 1 aromatic heterocycles. The second-order valence-corrected chi connectivity index (χ2v) is 9.28. The SMILES string of the molecule is Cc1cc(Cl)ccc1OCc1cccc(C(=O)Nc2nn(Cc3ccc(Cl)c(Cl)c3)cc2Cl)c1. The van der Waals surface area contributed by atoms with E-state index in [0.717, 1.165) is 22.4 Å². The number of carbonyl (C=O) groups is 1. The number of hydrogen-bond donors (Lipinski definition) is 1. The predicted molar refractivity (Wildman–Crippen MR) is 138 cm³/mol. The Morgan fingerprint density at radius 3 is 2.53 bits per heavy atom. The number of halogens is 4. The van der Waals surface area contributed by atoms with Crippen LogP contribution in [0.1, 0.15) is 27.0 Å². The maximum Gasteiger partial charge on any atom is 0.256 e. The Bertz CT molecular complexity index is 1350. The number of ether oxygens (including phenoxy) is 1. The van der Waals surface area contributed by atoms with E-state index in [2.05, 4.69) is 10.4 Å². The van der Waals surface area contributed by atoms with E-state index in [1.165, 1.54) is 0 Å². The molecule has 1 N–H and O–H groups in total. The lowest BCUT2D eigenvalue weighted by atomic mass is 10.1. The Kier molecular flexibility index (Phi) is 7.69. The van der Waals surface area contributed by atoms with Gasteiger partial charge in [0.1, 0.15) is 17.4 Å². The van der Waals surface area contributed by atoms with Crippen LogP contribution in [-0.2, 0) is 13.2 Å². The van der Waals surface area contributed by atoms with Gasteiger partial charge in [-0.05, 0) is 66.1 Å². The zero-order valence-corrected chi connectivity index (χ0v) is 21.0. The lowest BCUT2D eigenvalue weighted by molar-refractivity contribution is 0.102. The third-order valence-corrected chi connectivity index (χ3v) is 6.25. The summed E-state index contributed by atoms with van der Waals surface area (Å²) >= 11 is 24.3. The first-order valence-corrected chi connectivity index (χ1v) is 11.8. The van der Waals surface area contributed by atoms with Gasteiger partial charge in [-0.15, -0.1) is 0 Å². The number of carbonyl (C=O) groups excluding carboxylic acids is 1. The molecule has 1 amide bonds. The maximum atomic E-state index is 12.8. The quantitative estimate of drug-likeness (QED) is 0.264. The molecule has 0 unspecified atom stereocenters. The molecule has 0 bridgehead atoms. The third-order valence-electron chi connectivity index (χ3n) is 5.00. The fraction of sp³-hybridized carbons (Fsp3) is 0.120. The summed E-state index contributed by atoms with van der Waals surface area (Å²) < 4.78 is 7.50. The molecule has 1 heterocycles. The number of rotatable bonds is 7. The number of aromatic nitrogens is 2. The first-order chi connectivity index (χ1) is 16.3. The molecule has 9 heteroatoms. The summed E-state index contributed by atoms with van der Waals surface area (Å²) in [5.74, 6) is 0.676. The molecule has 5 nitrogen and oxygen atoms in total. The van der Waals surface area contributed by atoms with Gasteiger partial charge in [0.15, 0.2) is 5.82 Å². The van der Waals surface area contributed by atoms with E-state index in [9.17, 15) is 4.79 Å². The van der Waals surface area contributed by atoms with Crippen LogP contribution in [0.25, 0.3) is 0 Å². The fourth-order valence-corrected chi connectivity index (χ4v) is 4.05. The summed E-state index contributed by atoms with van der Waals surface area (Å²) in [5.41, 5.74) is 3.14. The Morgan fingerprint density at radius 1 is 0.941 bits per heavy atom. The van der Waals surface area contributed by atoms with Gasteiger partial charge in [-0.1, -0.05) is 64.6 Å². The van der Waals surface area contributed by atoms with Gasteiger partial charge in [0.2, 0.25) is 0 Å². The van der Waals surface area contributed by atoms with Crippen molar-refractivity contribution in [2.45, 2.75) is 20.1 Å². The normalized spacial score (nSPS) is 10.9. The molecule has 0 fully saturated rings. The van der Waals surface area contributed by atoms with Crippen LogP contribution in [-0.4, -0.2) is 15.7 Å². The average Bonchev–Trinajstić information content (AvgIpc) is 3.14. The lowest BCUT2D eigenvalue weighted by Crippen LogP contribution is -2.13. The Balaban J connectivity index is 1.42. The highest BCUT2D eigenvalue weighted by molar-refractivity contribution is 6.42. The van der Waals surface area contributed by atoms with Crippen LogP contribution in [0, 0.1) is 6.92 Å². The van der Waals surface area contributed by atoms with E-state index in [1.54, 1.807) is 47.3 Å². The van der Waals surface area contributed by atoms with E-state index < -0.39 is 0 Å². The molecule has 0 atom stereocenters. The summed E-state index contributed by atoms with van der Waals surface area (Å²) in [6, 6.07) is 17.9. The van der Waals surface area contributed by atoms with Crippen LogP contribution in [0.5, 0.6) is 5.75 Å². The first kappa shape index (κ1) is 24.4. The van der Waals surface area contributed by atoms with Crippen LogP contribution in [0.4, 0.5) is 5.82 Å². The topological polar surface area (TPSA) is 56.1 Å². The Morgan fingerprint density at radius 2 is 1.76 bits per heavy atom. The van der Waals surface area contributed by atoms with Crippen LogP contribution in [0.2, 0.25) is 20.1 Å². The van der Waals surface area contributed by atoms with Crippen molar-refractivity contribution in [3.05, 3.63) is 109 Å².